The molecule has 1 atom stereocenters. The van der Waals surface area contributed by atoms with Gasteiger partial charge in [0, 0.05) is 12.6 Å². The van der Waals surface area contributed by atoms with Crippen LogP contribution in [0.5, 0.6) is 0 Å². The molecule has 1 unspecified atom stereocenters. The molecule has 1 aromatic rings. The summed E-state index contributed by atoms with van der Waals surface area (Å²) < 4.78 is 42.3. The second-order valence-corrected chi connectivity index (χ2v) is 6.71. The molecule has 1 aromatic carbocycles. The second-order valence-electron chi connectivity index (χ2n) is 4.63. The van der Waals surface area contributed by atoms with Gasteiger partial charge < -0.3 is 15.2 Å². The van der Waals surface area contributed by atoms with Crippen LogP contribution in [0.4, 0.5) is 4.39 Å². The smallest absolute Gasteiger partial charge is 0.178 e. The molecular weight excluding hydrogens is 285 g/mol. The van der Waals surface area contributed by atoms with Gasteiger partial charge in [0.05, 0.1) is 30.5 Å². The van der Waals surface area contributed by atoms with Gasteiger partial charge in [-0.05, 0) is 30.2 Å². The third kappa shape index (κ3) is 3.54. The summed E-state index contributed by atoms with van der Waals surface area (Å²) in [7, 11) is -3.30. The molecule has 0 aliphatic carbocycles. The van der Waals surface area contributed by atoms with Crippen LogP contribution < -0.4 is 5.32 Å². The molecule has 0 radical (unpaired) electrons. The minimum atomic E-state index is -3.30. The summed E-state index contributed by atoms with van der Waals surface area (Å²) in [5, 5.41) is 11.7. The molecule has 2 N–H and O–H groups in total. The summed E-state index contributed by atoms with van der Waals surface area (Å²) in [6.45, 7) is 1.16. The molecular formula is C13H18FNO4S. The van der Waals surface area contributed by atoms with Crippen molar-refractivity contribution in [2.75, 3.05) is 32.1 Å². The molecule has 1 aliphatic rings. The molecule has 112 valence electrons. The van der Waals surface area contributed by atoms with Crippen LogP contribution in [-0.2, 0) is 14.6 Å². The van der Waals surface area contributed by atoms with Gasteiger partial charge in [-0.3, -0.25) is 0 Å². The number of benzene rings is 1. The lowest BCUT2D eigenvalue weighted by molar-refractivity contribution is 0.0924. The fraction of sp³-hybridized carbons (Fsp3) is 0.538. The molecule has 0 bridgehead atoms. The van der Waals surface area contributed by atoms with E-state index in [1.165, 1.54) is 18.2 Å². The summed E-state index contributed by atoms with van der Waals surface area (Å²) in [4.78, 5) is 0.207. The SMILES string of the molecule is O=S1(=O)CCC(NCCOCCO)c2cc(F)ccc21. The monoisotopic (exact) mass is 303 g/mol. The van der Waals surface area contributed by atoms with Crippen molar-refractivity contribution in [1.82, 2.24) is 5.32 Å². The Balaban J connectivity index is 2.07. The number of hydrogen-bond donors (Lipinski definition) is 2. The van der Waals surface area contributed by atoms with Crippen molar-refractivity contribution < 1.29 is 22.7 Å². The van der Waals surface area contributed by atoms with E-state index in [1.807, 2.05) is 0 Å². The van der Waals surface area contributed by atoms with E-state index in [1.54, 1.807) is 0 Å². The van der Waals surface area contributed by atoms with Gasteiger partial charge in [0.15, 0.2) is 9.84 Å². The highest BCUT2D eigenvalue weighted by Crippen LogP contribution is 2.32. The lowest BCUT2D eigenvalue weighted by Gasteiger charge is -2.26. The molecule has 0 spiro atoms. The highest BCUT2D eigenvalue weighted by Gasteiger charge is 2.30. The molecule has 0 fully saturated rings. The van der Waals surface area contributed by atoms with Crippen molar-refractivity contribution >= 4 is 9.84 Å². The highest BCUT2D eigenvalue weighted by molar-refractivity contribution is 7.91. The lowest BCUT2D eigenvalue weighted by atomic mass is 10.0. The predicted molar refractivity (Wildman–Crippen MR) is 71.7 cm³/mol. The van der Waals surface area contributed by atoms with E-state index < -0.39 is 15.7 Å². The van der Waals surface area contributed by atoms with Crippen LogP contribution in [0, 0.1) is 5.82 Å². The lowest BCUT2D eigenvalue weighted by Crippen LogP contribution is -2.32. The molecule has 5 nitrogen and oxygen atoms in total. The Kier molecular flexibility index (Phi) is 5.09. The molecule has 2 rings (SSSR count). The second kappa shape index (κ2) is 6.62. The van der Waals surface area contributed by atoms with E-state index in [-0.39, 0.29) is 29.9 Å². The zero-order valence-corrected chi connectivity index (χ0v) is 11.8. The Morgan fingerprint density at radius 3 is 2.95 bits per heavy atom. The van der Waals surface area contributed by atoms with Crippen LogP contribution in [0.2, 0.25) is 0 Å². The predicted octanol–water partition coefficient (Wildman–Crippen LogP) is 0.643. The van der Waals surface area contributed by atoms with Crippen LogP contribution in [0.3, 0.4) is 0 Å². The van der Waals surface area contributed by atoms with Gasteiger partial charge in [0.1, 0.15) is 5.82 Å². The standard InChI is InChI=1S/C13H18FNO4S/c14-10-1-2-13-11(9-10)12(3-8-20(13,17)18)15-4-6-19-7-5-16/h1-2,9,12,15-16H,3-8H2. The average molecular weight is 303 g/mol. The quantitative estimate of drug-likeness (QED) is 0.596. The van der Waals surface area contributed by atoms with Crippen LogP contribution in [0.15, 0.2) is 23.1 Å². The number of nitrogens with one attached hydrogen (secondary N) is 1. The maximum absolute atomic E-state index is 13.3. The minimum Gasteiger partial charge on any atom is -0.394 e. The van der Waals surface area contributed by atoms with E-state index in [0.717, 1.165) is 0 Å². The first kappa shape index (κ1) is 15.4. The van der Waals surface area contributed by atoms with Gasteiger partial charge >= 0.3 is 0 Å². The van der Waals surface area contributed by atoms with Crippen molar-refractivity contribution in [2.24, 2.45) is 0 Å². The summed E-state index contributed by atoms with van der Waals surface area (Å²) in [5.41, 5.74) is 0.485. The topological polar surface area (TPSA) is 75.6 Å². The van der Waals surface area contributed by atoms with E-state index in [9.17, 15) is 12.8 Å². The Hall–Kier alpha value is -1.02. The molecule has 0 saturated heterocycles. The zero-order valence-electron chi connectivity index (χ0n) is 11.0. The Morgan fingerprint density at radius 1 is 1.40 bits per heavy atom. The number of rotatable bonds is 6. The van der Waals surface area contributed by atoms with Crippen molar-refractivity contribution in [1.29, 1.82) is 0 Å². The number of ether oxygens (including phenoxy) is 1. The maximum atomic E-state index is 13.3. The van der Waals surface area contributed by atoms with Crippen molar-refractivity contribution in [3.8, 4) is 0 Å². The highest BCUT2D eigenvalue weighted by atomic mass is 32.2. The molecule has 1 aliphatic heterocycles. The van der Waals surface area contributed by atoms with Gasteiger partial charge in [0.2, 0.25) is 0 Å². The van der Waals surface area contributed by atoms with Crippen molar-refractivity contribution in [2.45, 2.75) is 17.4 Å². The first-order valence-corrected chi connectivity index (χ1v) is 8.14. The third-order valence-electron chi connectivity index (χ3n) is 3.23. The first-order chi connectivity index (χ1) is 9.54. The zero-order chi connectivity index (χ0) is 14.6. The molecule has 20 heavy (non-hydrogen) atoms. The van der Waals surface area contributed by atoms with Gasteiger partial charge in [-0.2, -0.15) is 0 Å². The van der Waals surface area contributed by atoms with Crippen LogP contribution >= 0.6 is 0 Å². The number of aliphatic hydroxyl groups is 1. The van der Waals surface area contributed by atoms with E-state index >= 15 is 0 Å². The van der Waals surface area contributed by atoms with Gasteiger partial charge in [-0.25, -0.2) is 12.8 Å². The molecule has 0 saturated carbocycles. The van der Waals surface area contributed by atoms with Gasteiger partial charge in [-0.15, -0.1) is 0 Å². The number of hydrogen-bond acceptors (Lipinski definition) is 5. The van der Waals surface area contributed by atoms with Crippen LogP contribution in [0.25, 0.3) is 0 Å². The molecule has 0 amide bonds. The van der Waals surface area contributed by atoms with E-state index in [2.05, 4.69) is 5.32 Å². The van der Waals surface area contributed by atoms with E-state index in [4.69, 9.17) is 9.84 Å². The Bertz CT molecular complexity index is 561. The Labute approximate surface area is 117 Å². The summed E-state index contributed by atoms with van der Waals surface area (Å²) >= 11 is 0. The maximum Gasteiger partial charge on any atom is 0.178 e. The number of fused-ring (bicyclic) bond motifs is 1. The minimum absolute atomic E-state index is 0.0320. The van der Waals surface area contributed by atoms with Gasteiger partial charge in [-0.1, -0.05) is 0 Å². The van der Waals surface area contributed by atoms with Crippen molar-refractivity contribution in [3.05, 3.63) is 29.6 Å². The summed E-state index contributed by atoms with van der Waals surface area (Å²) in [6.07, 6.45) is 0.415. The number of halogens is 1. The Morgan fingerprint density at radius 2 is 2.20 bits per heavy atom. The number of sulfone groups is 1. The average Bonchev–Trinajstić information content (AvgIpc) is 2.40. The first-order valence-electron chi connectivity index (χ1n) is 6.49. The summed E-state index contributed by atoms with van der Waals surface area (Å²) in [6, 6.07) is 3.58. The van der Waals surface area contributed by atoms with Crippen LogP contribution in [-0.4, -0.2) is 45.6 Å². The van der Waals surface area contributed by atoms with E-state index in [0.29, 0.717) is 25.1 Å². The van der Waals surface area contributed by atoms with Gasteiger partial charge in [0.25, 0.3) is 0 Å². The normalized spacial score (nSPS) is 20.6. The molecule has 0 aromatic heterocycles. The molecule has 1 heterocycles. The largest absolute Gasteiger partial charge is 0.394 e. The number of aliphatic hydroxyl groups excluding tert-OH is 1. The summed E-state index contributed by atoms with van der Waals surface area (Å²) in [5.74, 6) is -0.384. The third-order valence-corrected chi connectivity index (χ3v) is 5.05. The molecule has 7 heteroatoms. The van der Waals surface area contributed by atoms with Crippen molar-refractivity contribution in [3.63, 3.8) is 0 Å². The fourth-order valence-electron chi connectivity index (χ4n) is 2.30. The fourth-order valence-corrected chi connectivity index (χ4v) is 3.90. The van der Waals surface area contributed by atoms with Crippen LogP contribution in [0.1, 0.15) is 18.0 Å².